The highest BCUT2D eigenvalue weighted by atomic mass is 19.4. The van der Waals surface area contributed by atoms with Crippen molar-refractivity contribution >= 4 is 17.5 Å². The molecule has 2 heterocycles. The largest absolute Gasteiger partial charge is 0.573 e. The minimum absolute atomic E-state index is 0.421. The van der Waals surface area contributed by atoms with E-state index >= 15 is 0 Å². The van der Waals surface area contributed by atoms with Crippen LogP contribution in [-0.2, 0) is 0 Å². The molecule has 0 unspecified atom stereocenters. The van der Waals surface area contributed by atoms with Crippen molar-refractivity contribution in [2.75, 3.05) is 51.2 Å². The summed E-state index contributed by atoms with van der Waals surface area (Å²) in [6.45, 7) is 9.06. The summed E-state index contributed by atoms with van der Waals surface area (Å²) in [6, 6.07) is 2.64. The summed E-state index contributed by atoms with van der Waals surface area (Å²) >= 11 is 0. The van der Waals surface area contributed by atoms with Crippen LogP contribution in [-0.4, -0.2) is 73.4 Å². The Bertz CT molecular complexity index is 756. The topological polar surface area (TPSA) is 62.1 Å². The molecule has 0 amide bonds. The van der Waals surface area contributed by atoms with Crippen molar-refractivity contribution < 1.29 is 22.8 Å². The summed E-state index contributed by atoms with van der Waals surface area (Å²) in [6.07, 6.45) is -1.82. The number of hydrogen-bond acceptors (Lipinski definition) is 6. The van der Waals surface area contributed by atoms with Crippen LogP contribution < -0.4 is 9.64 Å². The zero-order valence-electron chi connectivity index (χ0n) is 16.3. The molecular weight excluding hydrogens is 389 g/mol. The molecule has 7 nitrogen and oxygen atoms in total. The number of anilines is 1. The van der Waals surface area contributed by atoms with Gasteiger partial charge in [0.2, 0.25) is 5.75 Å². The van der Waals surface area contributed by atoms with E-state index in [-0.39, 0.29) is 0 Å². The van der Waals surface area contributed by atoms with E-state index in [0.717, 1.165) is 51.2 Å². The van der Waals surface area contributed by atoms with Crippen LogP contribution in [0.25, 0.3) is 6.08 Å². The second kappa shape index (κ2) is 8.58. The first-order valence-electron chi connectivity index (χ1n) is 9.56. The summed E-state index contributed by atoms with van der Waals surface area (Å²) in [5.41, 5.74) is 0.166. The van der Waals surface area contributed by atoms with E-state index in [1.807, 2.05) is 4.90 Å². The normalized spacial score (nSPS) is 19.9. The van der Waals surface area contributed by atoms with Gasteiger partial charge < -0.3 is 14.5 Å². The first-order valence-corrected chi connectivity index (χ1v) is 9.56. The Labute approximate surface area is 167 Å². The molecule has 0 bridgehead atoms. The minimum atomic E-state index is -5.01. The number of benzene rings is 1. The van der Waals surface area contributed by atoms with Crippen LogP contribution in [0.15, 0.2) is 18.7 Å². The van der Waals surface area contributed by atoms with Crippen LogP contribution in [0.1, 0.15) is 18.4 Å². The maximum atomic E-state index is 12.7. The Morgan fingerprint density at radius 3 is 2.31 bits per heavy atom. The number of ether oxygens (including phenoxy) is 1. The van der Waals surface area contributed by atoms with Crippen molar-refractivity contribution in [1.82, 2.24) is 9.80 Å². The number of piperazine rings is 1. The van der Waals surface area contributed by atoms with E-state index in [9.17, 15) is 23.3 Å². The lowest BCUT2D eigenvalue weighted by molar-refractivity contribution is -0.388. The number of hydrogen-bond donors (Lipinski definition) is 0. The van der Waals surface area contributed by atoms with E-state index in [0.29, 0.717) is 30.4 Å². The lowest BCUT2D eigenvalue weighted by atomic mass is 10.00. The average molecular weight is 414 g/mol. The minimum Gasteiger partial charge on any atom is -0.398 e. The Morgan fingerprint density at radius 2 is 1.79 bits per heavy atom. The van der Waals surface area contributed by atoms with Gasteiger partial charge in [0, 0.05) is 68.7 Å². The van der Waals surface area contributed by atoms with Crippen LogP contribution in [0.5, 0.6) is 5.75 Å². The van der Waals surface area contributed by atoms with Crippen molar-refractivity contribution in [2.24, 2.45) is 0 Å². The number of alkyl halides is 3. The fourth-order valence-corrected chi connectivity index (χ4v) is 4.02. The highest BCUT2D eigenvalue weighted by molar-refractivity contribution is 5.73. The van der Waals surface area contributed by atoms with Gasteiger partial charge in [0.25, 0.3) is 0 Å². The highest BCUT2D eigenvalue weighted by Crippen LogP contribution is 2.39. The Kier molecular flexibility index (Phi) is 6.33. The predicted octanol–water partition coefficient (Wildman–Crippen LogP) is 3.35. The molecule has 1 aromatic carbocycles. The van der Waals surface area contributed by atoms with E-state index in [2.05, 4.69) is 28.2 Å². The third-order valence-electron chi connectivity index (χ3n) is 5.61. The van der Waals surface area contributed by atoms with Gasteiger partial charge in [-0.05, 0) is 19.9 Å². The van der Waals surface area contributed by atoms with Gasteiger partial charge in [-0.2, -0.15) is 0 Å². The smallest absolute Gasteiger partial charge is 0.398 e. The quantitative estimate of drug-likeness (QED) is 0.544. The molecule has 160 valence electrons. The van der Waals surface area contributed by atoms with E-state index in [4.69, 9.17) is 0 Å². The molecule has 0 aromatic heterocycles. The molecule has 2 saturated heterocycles. The molecule has 29 heavy (non-hydrogen) atoms. The summed E-state index contributed by atoms with van der Waals surface area (Å²) in [4.78, 5) is 17.0. The molecule has 3 rings (SSSR count). The fourth-order valence-electron chi connectivity index (χ4n) is 4.02. The maximum Gasteiger partial charge on any atom is 0.573 e. The lowest BCUT2D eigenvalue weighted by Crippen LogP contribution is -2.52. The first-order chi connectivity index (χ1) is 13.7. The van der Waals surface area contributed by atoms with Crippen molar-refractivity contribution in [3.05, 3.63) is 34.4 Å². The maximum absolute atomic E-state index is 12.7. The van der Waals surface area contributed by atoms with Gasteiger partial charge in [-0.25, -0.2) is 0 Å². The van der Waals surface area contributed by atoms with Crippen LogP contribution in [0.4, 0.5) is 24.5 Å². The number of nitro benzene ring substituents is 1. The van der Waals surface area contributed by atoms with Gasteiger partial charge in [-0.1, -0.05) is 12.7 Å². The number of nitrogens with zero attached hydrogens (tertiary/aromatic N) is 4. The van der Waals surface area contributed by atoms with E-state index in [1.54, 1.807) is 0 Å². The first kappa shape index (κ1) is 21.4. The third kappa shape index (κ3) is 5.18. The summed E-state index contributed by atoms with van der Waals surface area (Å²) < 4.78 is 42.2. The van der Waals surface area contributed by atoms with Crippen molar-refractivity contribution in [1.29, 1.82) is 0 Å². The molecule has 2 aliphatic heterocycles. The van der Waals surface area contributed by atoms with Crippen LogP contribution in [0.3, 0.4) is 0 Å². The van der Waals surface area contributed by atoms with Gasteiger partial charge in [0.15, 0.2) is 0 Å². The average Bonchev–Trinajstić information content (AvgIpc) is 2.67. The van der Waals surface area contributed by atoms with E-state index < -0.39 is 22.7 Å². The second-order valence-electron chi connectivity index (χ2n) is 7.45. The summed E-state index contributed by atoms with van der Waals surface area (Å²) in [7, 11) is 2.10. The Morgan fingerprint density at radius 1 is 1.17 bits per heavy atom. The summed E-state index contributed by atoms with van der Waals surface area (Å²) in [5, 5.41) is 11.2. The molecular formula is C19H25F3N4O3. The molecule has 0 N–H and O–H groups in total. The van der Waals surface area contributed by atoms with Gasteiger partial charge in [0.05, 0.1) is 4.92 Å². The standard InChI is InChI=1S/C19H25F3N4O3/c1-3-14-12-17(26(27)28)18(29-19(20,21)22)13-16(14)25-6-4-15(5-7-25)24-10-8-23(2)9-11-24/h3,12-13,15H,1,4-11H2,2H3. The SMILES string of the molecule is C=Cc1cc([N+](=O)[O-])c(OC(F)(F)F)cc1N1CCC(N2CCN(C)CC2)CC1. The molecule has 0 atom stereocenters. The molecule has 2 fully saturated rings. The fraction of sp³-hybridized carbons (Fsp3) is 0.579. The van der Waals surface area contributed by atoms with Gasteiger partial charge in [0.1, 0.15) is 0 Å². The number of halogens is 3. The monoisotopic (exact) mass is 414 g/mol. The van der Waals surface area contributed by atoms with Crippen molar-refractivity contribution in [3.63, 3.8) is 0 Å². The van der Waals surface area contributed by atoms with Crippen LogP contribution in [0.2, 0.25) is 0 Å². The van der Waals surface area contributed by atoms with Gasteiger partial charge >= 0.3 is 12.0 Å². The second-order valence-corrected chi connectivity index (χ2v) is 7.45. The molecule has 0 aliphatic carbocycles. The molecule has 0 radical (unpaired) electrons. The number of piperidine rings is 1. The van der Waals surface area contributed by atoms with Gasteiger partial charge in [-0.3, -0.25) is 15.0 Å². The molecule has 10 heteroatoms. The molecule has 0 saturated carbocycles. The van der Waals surface area contributed by atoms with Crippen LogP contribution >= 0.6 is 0 Å². The summed E-state index contributed by atoms with van der Waals surface area (Å²) in [5.74, 6) is -0.802. The lowest BCUT2D eigenvalue weighted by Gasteiger charge is -2.42. The zero-order valence-corrected chi connectivity index (χ0v) is 16.3. The Hall–Kier alpha value is -2.33. The molecule has 2 aliphatic rings. The number of rotatable bonds is 5. The highest BCUT2D eigenvalue weighted by Gasteiger charge is 2.36. The van der Waals surface area contributed by atoms with Crippen molar-refractivity contribution in [2.45, 2.75) is 25.2 Å². The molecule has 1 aromatic rings. The predicted molar refractivity (Wildman–Crippen MR) is 104 cm³/mol. The number of likely N-dealkylation sites (N-methyl/N-ethyl adjacent to an activating group) is 1. The number of nitro groups is 1. The zero-order chi connectivity index (χ0) is 21.2. The van der Waals surface area contributed by atoms with Gasteiger partial charge in [-0.15, -0.1) is 13.2 Å². The molecule has 0 spiro atoms. The van der Waals surface area contributed by atoms with E-state index in [1.165, 1.54) is 6.08 Å². The van der Waals surface area contributed by atoms with Crippen LogP contribution in [0, 0.1) is 10.1 Å². The van der Waals surface area contributed by atoms with Crippen molar-refractivity contribution in [3.8, 4) is 5.75 Å². The third-order valence-corrected chi connectivity index (χ3v) is 5.61. The Balaban J connectivity index is 1.78.